The van der Waals surface area contributed by atoms with Gasteiger partial charge >= 0.3 is 0 Å². The number of aliphatic hydroxyl groups excluding tert-OH is 1. The molecule has 1 N–H and O–H groups in total. The second kappa shape index (κ2) is 8.05. The Morgan fingerprint density at radius 1 is 1.10 bits per heavy atom. The number of nitrogens with zero attached hydrogens (tertiary/aromatic N) is 2. The fourth-order valence-corrected chi connectivity index (χ4v) is 2.66. The molecule has 0 amide bonds. The molecule has 0 radical (unpaired) electrons. The van der Waals surface area contributed by atoms with Crippen molar-refractivity contribution >= 4 is 5.52 Å². The average Bonchev–Trinajstić information content (AvgIpc) is 2.90. The molecule has 0 fully saturated rings. The van der Waals surface area contributed by atoms with E-state index in [-0.39, 0.29) is 6.10 Å². The van der Waals surface area contributed by atoms with Crippen LogP contribution < -0.4 is 0 Å². The van der Waals surface area contributed by atoms with Gasteiger partial charge in [0.15, 0.2) is 0 Å². The Labute approximate surface area is 121 Å². The first kappa shape index (κ1) is 15.0. The molecule has 0 spiro atoms. The van der Waals surface area contributed by atoms with E-state index in [4.69, 9.17) is 0 Å². The number of unbranched alkanes of at least 4 members (excludes halogenated alkanes) is 6. The monoisotopic (exact) mass is 274 g/mol. The lowest BCUT2D eigenvalue weighted by atomic mass is 10.0. The lowest BCUT2D eigenvalue weighted by Crippen LogP contribution is -1.97. The summed E-state index contributed by atoms with van der Waals surface area (Å²) in [7, 11) is 0. The van der Waals surface area contributed by atoms with Gasteiger partial charge in [0.2, 0.25) is 0 Å². The number of rotatable bonds is 9. The van der Waals surface area contributed by atoms with Crippen LogP contribution in [0, 0.1) is 0 Å². The van der Waals surface area contributed by atoms with Gasteiger partial charge in [-0.3, -0.25) is 0 Å². The molecule has 0 aliphatic heterocycles. The molecule has 0 aromatic carbocycles. The van der Waals surface area contributed by atoms with E-state index in [1.54, 1.807) is 6.20 Å². The fraction of sp³-hybridized carbons (Fsp3) is 0.588. The van der Waals surface area contributed by atoms with Crippen LogP contribution in [0.25, 0.3) is 5.52 Å². The van der Waals surface area contributed by atoms with Gasteiger partial charge in [-0.2, -0.15) is 5.10 Å². The van der Waals surface area contributed by atoms with E-state index in [1.807, 2.05) is 28.9 Å². The zero-order valence-electron chi connectivity index (χ0n) is 12.5. The van der Waals surface area contributed by atoms with Crippen LogP contribution in [0.2, 0.25) is 0 Å². The number of fused-ring (bicyclic) bond motifs is 1. The maximum absolute atomic E-state index is 10.3. The molecule has 0 saturated heterocycles. The van der Waals surface area contributed by atoms with Gasteiger partial charge in [0, 0.05) is 11.8 Å². The van der Waals surface area contributed by atoms with Crippen LogP contribution in [0.1, 0.15) is 70.0 Å². The van der Waals surface area contributed by atoms with Gasteiger partial charge in [0.25, 0.3) is 0 Å². The summed E-state index contributed by atoms with van der Waals surface area (Å²) in [6, 6.07) is 5.95. The van der Waals surface area contributed by atoms with E-state index in [0.29, 0.717) is 0 Å². The second-order valence-corrected chi connectivity index (χ2v) is 5.56. The molecule has 2 rings (SSSR count). The molecule has 2 aromatic rings. The van der Waals surface area contributed by atoms with E-state index in [2.05, 4.69) is 12.0 Å². The highest BCUT2D eigenvalue weighted by molar-refractivity contribution is 5.54. The Morgan fingerprint density at radius 2 is 1.85 bits per heavy atom. The van der Waals surface area contributed by atoms with Crippen LogP contribution in [-0.2, 0) is 0 Å². The highest BCUT2D eigenvalue weighted by Gasteiger charge is 2.12. The summed E-state index contributed by atoms with van der Waals surface area (Å²) >= 11 is 0. The summed E-state index contributed by atoms with van der Waals surface area (Å²) in [4.78, 5) is 0. The minimum absolute atomic E-state index is 0.384. The van der Waals surface area contributed by atoms with E-state index in [1.165, 1.54) is 38.5 Å². The molecule has 2 heterocycles. The molecule has 1 atom stereocenters. The van der Waals surface area contributed by atoms with Crippen LogP contribution in [0.4, 0.5) is 0 Å². The van der Waals surface area contributed by atoms with Crippen molar-refractivity contribution < 1.29 is 5.11 Å². The Kier molecular flexibility index (Phi) is 6.06. The van der Waals surface area contributed by atoms with Crippen molar-refractivity contribution in [2.24, 2.45) is 0 Å². The molecular formula is C17H26N2O. The zero-order chi connectivity index (χ0) is 14.2. The first-order chi connectivity index (χ1) is 9.83. The van der Waals surface area contributed by atoms with E-state index >= 15 is 0 Å². The zero-order valence-corrected chi connectivity index (χ0v) is 12.5. The molecule has 1 unspecified atom stereocenters. The first-order valence-corrected chi connectivity index (χ1v) is 7.93. The van der Waals surface area contributed by atoms with Crippen molar-refractivity contribution in [1.29, 1.82) is 0 Å². The summed E-state index contributed by atoms with van der Waals surface area (Å²) in [6.45, 7) is 2.24. The van der Waals surface area contributed by atoms with Crippen molar-refractivity contribution in [3.8, 4) is 0 Å². The van der Waals surface area contributed by atoms with Gasteiger partial charge in [-0.25, -0.2) is 4.52 Å². The number of hydrogen-bond donors (Lipinski definition) is 1. The summed E-state index contributed by atoms with van der Waals surface area (Å²) < 4.78 is 1.82. The van der Waals surface area contributed by atoms with E-state index in [9.17, 15) is 5.11 Å². The third-order valence-corrected chi connectivity index (χ3v) is 3.90. The first-order valence-electron chi connectivity index (χ1n) is 7.93. The lowest BCUT2D eigenvalue weighted by molar-refractivity contribution is 0.164. The van der Waals surface area contributed by atoms with Crippen LogP contribution in [0.5, 0.6) is 0 Å². The summed E-state index contributed by atoms with van der Waals surface area (Å²) in [5.74, 6) is 0. The SMILES string of the molecule is CCCCCCCCCC(O)c1cnn2ccccc12. The molecule has 3 nitrogen and oxygen atoms in total. The van der Waals surface area contributed by atoms with Crippen molar-refractivity contribution in [2.75, 3.05) is 0 Å². The largest absolute Gasteiger partial charge is 0.388 e. The van der Waals surface area contributed by atoms with E-state index in [0.717, 1.165) is 23.9 Å². The Morgan fingerprint density at radius 3 is 2.65 bits per heavy atom. The molecule has 0 saturated carbocycles. The lowest BCUT2D eigenvalue weighted by Gasteiger charge is -2.09. The summed E-state index contributed by atoms with van der Waals surface area (Å²) in [5, 5.41) is 14.6. The third kappa shape index (κ3) is 4.07. The Hall–Kier alpha value is -1.35. The molecule has 3 heteroatoms. The van der Waals surface area contributed by atoms with Crippen LogP contribution in [0.3, 0.4) is 0 Å². The van der Waals surface area contributed by atoms with Crippen molar-refractivity contribution in [3.05, 3.63) is 36.2 Å². The molecular weight excluding hydrogens is 248 g/mol. The van der Waals surface area contributed by atoms with Crippen molar-refractivity contribution in [3.63, 3.8) is 0 Å². The van der Waals surface area contributed by atoms with Gasteiger partial charge in [-0.05, 0) is 18.6 Å². The number of aromatic nitrogens is 2. The maximum atomic E-state index is 10.3. The van der Waals surface area contributed by atoms with Crippen LogP contribution in [0.15, 0.2) is 30.6 Å². The summed E-state index contributed by atoms with van der Waals surface area (Å²) in [5.41, 5.74) is 1.97. The molecule has 0 bridgehead atoms. The Bertz CT molecular complexity index is 506. The van der Waals surface area contributed by atoms with Gasteiger partial charge in [0.1, 0.15) is 0 Å². The normalized spacial score (nSPS) is 12.9. The molecule has 0 aliphatic carbocycles. The van der Waals surface area contributed by atoms with E-state index < -0.39 is 0 Å². The predicted octanol–water partition coefficient (Wildman–Crippen LogP) is 4.51. The number of aliphatic hydroxyl groups is 1. The maximum Gasteiger partial charge on any atom is 0.0826 e. The topological polar surface area (TPSA) is 37.5 Å². The van der Waals surface area contributed by atoms with Crippen molar-refractivity contribution in [2.45, 2.75) is 64.4 Å². The number of pyridine rings is 1. The molecule has 110 valence electrons. The van der Waals surface area contributed by atoms with Gasteiger partial charge in [0.05, 0.1) is 17.8 Å². The minimum atomic E-state index is -0.384. The van der Waals surface area contributed by atoms with Gasteiger partial charge < -0.3 is 5.11 Å². The standard InChI is InChI=1S/C17H26N2O/c1-2-3-4-5-6-7-8-12-17(20)15-14-18-19-13-10-9-11-16(15)19/h9-11,13-14,17,20H,2-8,12H2,1H3. The predicted molar refractivity (Wildman–Crippen MR) is 82.8 cm³/mol. The molecule has 20 heavy (non-hydrogen) atoms. The quantitative estimate of drug-likeness (QED) is 0.683. The van der Waals surface area contributed by atoms with Crippen LogP contribution in [-0.4, -0.2) is 14.7 Å². The highest BCUT2D eigenvalue weighted by atomic mass is 16.3. The minimum Gasteiger partial charge on any atom is -0.388 e. The fourth-order valence-electron chi connectivity index (χ4n) is 2.66. The van der Waals surface area contributed by atoms with Crippen LogP contribution >= 0.6 is 0 Å². The van der Waals surface area contributed by atoms with Gasteiger partial charge in [-0.15, -0.1) is 0 Å². The smallest absolute Gasteiger partial charge is 0.0826 e. The number of hydrogen-bond acceptors (Lipinski definition) is 2. The highest BCUT2D eigenvalue weighted by Crippen LogP contribution is 2.24. The van der Waals surface area contributed by atoms with Gasteiger partial charge in [-0.1, -0.05) is 57.9 Å². The second-order valence-electron chi connectivity index (χ2n) is 5.56. The molecule has 0 aliphatic rings. The third-order valence-electron chi connectivity index (χ3n) is 3.90. The van der Waals surface area contributed by atoms with Crippen molar-refractivity contribution in [1.82, 2.24) is 9.61 Å². The summed E-state index contributed by atoms with van der Waals surface area (Å²) in [6.07, 6.45) is 13.1. The molecule has 2 aromatic heterocycles. The average molecular weight is 274 g/mol. The Balaban J connectivity index is 1.73.